The smallest absolute Gasteiger partial charge is 0.279 e. The Kier molecular flexibility index (Phi) is 7.12. The Bertz CT molecular complexity index is 1770. The van der Waals surface area contributed by atoms with Crippen LogP contribution in [0.4, 0.5) is 0 Å². The van der Waals surface area contributed by atoms with E-state index in [0.29, 0.717) is 16.5 Å². The molecule has 5 heterocycles. The van der Waals surface area contributed by atoms with Crippen molar-refractivity contribution in [2.75, 3.05) is 27.9 Å². The molecule has 8 rings (SSSR count). The lowest BCUT2D eigenvalue weighted by atomic mass is 9.77. The molecule has 5 aliphatic heterocycles. The second-order valence-electron chi connectivity index (χ2n) is 13.6. The van der Waals surface area contributed by atoms with Gasteiger partial charge in [-0.2, -0.15) is 0 Å². The first-order valence-corrected chi connectivity index (χ1v) is 16.0. The predicted octanol–water partition coefficient (Wildman–Crippen LogP) is 0.319. The summed E-state index contributed by atoms with van der Waals surface area (Å²) in [6, 6.07) is 1.70. The highest BCUT2D eigenvalue weighted by Crippen LogP contribution is 2.72. The second-order valence-corrected chi connectivity index (χ2v) is 13.6. The molecule has 5 N–H and O–H groups in total. The molecular formula is C33H38O16. The van der Waals surface area contributed by atoms with Crippen LogP contribution < -0.4 is 9.47 Å². The normalized spacial score (nSPS) is 41.6. The Morgan fingerprint density at radius 1 is 1.06 bits per heavy atom. The molecule has 4 fully saturated rings. The van der Waals surface area contributed by atoms with E-state index in [1.807, 2.05) is 0 Å². The Morgan fingerprint density at radius 2 is 1.76 bits per heavy atom. The Hall–Kier alpha value is -3.00. The van der Waals surface area contributed by atoms with Gasteiger partial charge in [0.05, 0.1) is 43.0 Å². The minimum atomic E-state index is -2.20. The number of hydrogen-bond donors (Lipinski definition) is 5. The third-order valence-corrected chi connectivity index (χ3v) is 11.2. The number of phenolic OH excluding ortho intramolecular Hbond substituents is 1. The van der Waals surface area contributed by atoms with Gasteiger partial charge in [0.2, 0.25) is 11.9 Å². The predicted molar refractivity (Wildman–Crippen MR) is 160 cm³/mol. The molecule has 1 spiro atoms. The fourth-order valence-corrected chi connectivity index (χ4v) is 8.73. The van der Waals surface area contributed by atoms with Gasteiger partial charge in [-0.3, -0.25) is 9.59 Å². The van der Waals surface area contributed by atoms with Crippen molar-refractivity contribution in [3.8, 4) is 17.2 Å². The first-order valence-electron chi connectivity index (χ1n) is 16.0. The summed E-state index contributed by atoms with van der Waals surface area (Å²) in [7, 11) is 4.15. The summed E-state index contributed by atoms with van der Waals surface area (Å²) in [5.41, 5.74) is -3.05. The molecule has 266 valence electrons. The van der Waals surface area contributed by atoms with Gasteiger partial charge in [-0.15, -0.1) is 0 Å². The zero-order chi connectivity index (χ0) is 35.2. The van der Waals surface area contributed by atoms with Crippen LogP contribution in [0.15, 0.2) is 6.07 Å². The lowest BCUT2D eigenvalue weighted by molar-refractivity contribution is -0.385. The number of carbonyl (C=O) groups is 2. The van der Waals surface area contributed by atoms with E-state index in [4.69, 9.17) is 42.6 Å². The van der Waals surface area contributed by atoms with Gasteiger partial charge in [-0.1, -0.05) is 0 Å². The van der Waals surface area contributed by atoms with Gasteiger partial charge in [0.1, 0.15) is 29.5 Å². The number of aryl methyl sites for hydroxylation is 1. The fraction of sp³-hybridized carbons (Fsp3) is 0.636. The molecule has 16 heteroatoms. The summed E-state index contributed by atoms with van der Waals surface area (Å²) in [6.45, 7) is 4.30. The van der Waals surface area contributed by atoms with Crippen LogP contribution in [0.1, 0.15) is 65.9 Å². The van der Waals surface area contributed by atoms with Crippen LogP contribution in [-0.4, -0.2) is 125 Å². The highest BCUT2D eigenvalue weighted by atomic mass is 16.9. The van der Waals surface area contributed by atoms with Crippen LogP contribution in [0, 0.1) is 6.92 Å². The summed E-state index contributed by atoms with van der Waals surface area (Å²) in [5, 5.41) is 55.7. The van der Waals surface area contributed by atoms with Crippen molar-refractivity contribution in [2.45, 2.75) is 106 Å². The molecule has 4 saturated heterocycles. The topological polar surface area (TPSA) is 222 Å². The quantitative estimate of drug-likeness (QED) is 0.195. The maximum atomic E-state index is 13.3. The van der Waals surface area contributed by atoms with Crippen molar-refractivity contribution in [2.24, 2.45) is 0 Å². The first kappa shape index (κ1) is 33.2. The second kappa shape index (κ2) is 10.5. The highest BCUT2D eigenvalue weighted by Gasteiger charge is 2.94. The van der Waals surface area contributed by atoms with Gasteiger partial charge in [0.25, 0.3) is 11.6 Å². The number of aliphatic hydroxyl groups excluding tert-OH is 3. The Morgan fingerprint density at radius 3 is 2.35 bits per heavy atom. The Labute approximate surface area is 279 Å². The van der Waals surface area contributed by atoms with Crippen LogP contribution in [0.3, 0.4) is 0 Å². The maximum Gasteiger partial charge on any atom is 0.279 e. The highest BCUT2D eigenvalue weighted by molar-refractivity contribution is 6.13. The van der Waals surface area contributed by atoms with Crippen LogP contribution in [0.25, 0.3) is 10.8 Å². The maximum absolute atomic E-state index is 13.3. The number of ketones is 2. The van der Waals surface area contributed by atoms with Crippen LogP contribution >= 0.6 is 0 Å². The largest absolute Gasteiger partial charge is 0.506 e. The summed E-state index contributed by atoms with van der Waals surface area (Å²) in [5.74, 6) is -5.67. The third kappa shape index (κ3) is 3.80. The summed E-state index contributed by atoms with van der Waals surface area (Å²) in [4.78, 5) is 25.7. The molecule has 0 aromatic heterocycles. The SMILES string of the molecule is COc1c2c(c(O)c3c4c(c(C)cc13)[C@@H]1O[C@@]3(C(OC)OC)O[C@@H]1[C@@](O[C@H]1C[C@@H](O)[C@@](O)(C(C)=O)[C@H](C)O1)(O4)[C@@]31CO1)C(=O)C(O)C[C@@H]2O. The summed E-state index contributed by atoms with van der Waals surface area (Å²) >= 11 is 0. The summed E-state index contributed by atoms with van der Waals surface area (Å²) in [6.07, 6.45) is -10.9. The van der Waals surface area contributed by atoms with Gasteiger partial charge in [-0.25, -0.2) is 0 Å². The fourth-order valence-electron chi connectivity index (χ4n) is 8.73. The van der Waals surface area contributed by atoms with Gasteiger partial charge in [-0.05, 0) is 32.4 Å². The average Bonchev–Trinajstić information content (AvgIpc) is 3.72. The number of rotatable bonds is 7. The molecule has 6 aliphatic rings. The van der Waals surface area contributed by atoms with E-state index in [1.54, 1.807) is 13.0 Å². The molecular weight excluding hydrogens is 652 g/mol. The number of phenols is 1. The van der Waals surface area contributed by atoms with Crippen molar-refractivity contribution in [3.63, 3.8) is 0 Å². The molecule has 1 unspecified atom stereocenters. The minimum absolute atomic E-state index is 0.00929. The Balaban J connectivity index is 1.36. The van der Waals surface area contributed by atoms with E-state index in [2.05, 4.69) is 0 Å². The molecule has 11 atom stereocenters. The van der Waals surface area contributed by atoms with Gasteiger partial charge in [0, 0.05) is 43.6 Å². The summed E-state index contributed by atoms with van der Waals surface area (Å²) < 4.78 is 56.0. The number of benzene rings is 2. The average molecular weight is 691 g/mol. The van der Waals surface area contributed by atoms with Gasteiger partial charge >= 0.3 is 0 Å². The number of methoxy groups -OCH3 is 3. The van der Waals surface area contributed by atoms with Crippen molar-refractivity contribution in [3.05, 3.63) is 28.3 Å². The van der Waals surface area contributed by atoms with Gasteiger partial charge < -0.3 is 68.2 Å². The molecule has 49 heavy (non-hydrogen) atoms. The zero-order valence-electron chi connectivity index (χ0n) is 27.5. The van der Waals surface area contributed by atoms with E-state index in [0.717, 1.165) is 6.92 Å². The van der Waals surface area contributed by atoms with Crippen molar-refractivity contribution in [1.29, 1.82) is 0 Å². The van der Waals surface area contributed by atoms with E-state index in [-0.39, 0.29) is 47.5 Å². The lowest BCUT2D eigenvalue weighted by Gasteiger charge is -2.52. The van der Waals surface area contributed by atoms with Crippen molar-refractivity contribution in [1.82, 2.24) is 0 Å². The van der Waals surface area contributed by atoms with E-state index in [9.17, 15) is 35.1 Å². The number of carbonyl (C=O) groups excluding carboxylic acids is 2. The number of fused-ring (bicyclic) bond motifs is 8. The molecule has 2 aromatic rings. The number of aromatic hydroxyl groups is 1. The monoisotopic (exact) mass is 690 g/mol. The number of epoxide rings is 1. The first-order chi connectivity index (χ1) is 23.2. The molecule has 1 aliphatic carbocycles. The number of aliphatic hydroxyl groups is 4. The van der Waals surface area contributed by atoms with Gasteiger partial charge in [0.15, 0.2) is 29.6 Å². The molecule has 0 radical (unpaired) electrons. The van der Waals surface area contributed by atoms with E-state index in [1.165, 1.54) is 28.3 Å². The van der Waals surface area contributed by atoms with Crippen LogP contribution in [0.5, 0.6) is 17.2 Å². The van der Waals surface area contributed by atoms with E-state index >= 15 is 0 Å². The molecule has 0 saturated carbocycles. The minimum Gasteiger partial charge on any atom is -0.506 e. The molecule has 2 bridgehead atoms. The molecule has 0 amide bonds. The van der Waals surface area contributed by atoms with Crippen molar-refractivity contribution < 1.29 is 77.8 Å². The lowest BCUT2D eigenvalue weighted by Crippen LogP contribution is -2.72. The van der Waals surface area contributed by atoms with Crippen LogP contribution in [-0.2, 0) is 38.0 Å². The zero-order valence-corrected chi connectivity index (χ0v) is 27.5. The standard InChI is InChI=1S/C33H38O16/c1-11-7-14-20(24(39)22-21(25(14)41-4)15(35)8-16(36)23(22)38)26-19(11)27-28-32(47-26,30(10-44-30)33(48-27,49-28)29(42-5)43-6)46-18-9-17(37)31(40,12(2)34)13(3)45-18/h7,13,15-18,27-29,35-37,39-40H,8-10H2,1-6H3/t13-,15-,16?,17+,18-,27-,28-,30-,31+,32+,33-/m0/s1. The number of Topliss-reactive ketones (excluding diaryl/α,β-unsaturated/α-hetero) is 2. The number of hydrogen-bond acceptors (Lipinski definition) is 16. The van der Waals surface area contributed by atoms with Crippen molar-refractivity contribution >= 4 is 22.3 Å². The third-order valence-electron chi connectivity index (χ3n) is 11.2. The molecule has 16 nitrogen and oxygen atoms in total. The van der Waals surface area contributed by atoms with E-state index < -0.39 is 89.3 Å². The number of ether oxygens (including phenoxy) is 9. The molecule has 2 aromatic carbocycles. The van der Waals surface area contributed by atoms with Crippen LogP contribution in [0.2, 0.25) is 0 Å².